The third-order valence-electron chi connectivity index (χ3n) is 3.32. The van der Waals surface area contributed by atoms with Gasteiger partial charge in [0.1, 0.15) is 10.7 Å². The average Bonchev–Trinajstić information content (AvgIpc) is 2.94. The maximum Gasteiger partial charge on any atom is 0.273 e. The van der Waals surface area contributed by atoms with Crippen LogP contribution < -0.4 is 5.73 Å². The molecule has 1 aliphatic heterocycles. The molecule has 2 heterocycles. The maximum absolute atomic E-state index is 12.3. The fourth-order valence-electron chi connectivity index (χ4n) is 2.16. The maximum atomic E-state index is 12.3. The van der Waals surface area contributed by atoms with Gasteiger partial charge in [-0.2, -0.15) is 0 Å². The smallest absolute Gasteiger partial charge is 0.273 e. The Kier molecular flexibility index (Phi) is 4.72. The summed E-state index contributed by atoms with van der Waals surface area (Å²) >= 11 is 1.40. The largest absolute Gasteiger partial charge is 0.339 e. The lowest BCUT2D eigenvalue weighted by Crippen LogP contribution is -2.51. The molecule has 1 aromatic rings. The Labute approximate surface area is 122 Å². The van der Waals surface area contributed by atoms with Crippen LogP contribution in [-0.2, 0) is 11.3 Å². The van der Waals surface area contributed by atoms with Crippen LogP contribution in [0.15, 0.2) is 5.38 Å². The van der Waals surface area contributed by atoms with Crippen LogP contribution in [0.2, 0.25) is 0 Å². The second-order valence-electron chi connectivity index (χ2n) is 5.10. The molecule has 0 unspecified atom stereocenters. The van der Waals surface area contributed by atoms with Gasteiger partial charge >= 0.3 is 0 Å². The zero-order valence-corrected chi connectivity index (χ0v) is 12.7. The highest BCUT2D eigenvalue weighted by Crippen LogP contribution is 2.14. The summed E-state index contributed by atoms with van der Waals surface area (Å²) < 4.78 is 0. The molecule has 7 heteroatoms. The Balaban J connectivity index is 1.93. The van der Waals surface area contributed by atoms with Crippen molar-refractivity contribution in [1.29, 1.82) is 0 Å². The first kappa shape index (κ1) is 14.9. The van der Waals surface area contributed by atoms with Gasteiger partial charge in [-0.3, -0.25) is 9.59 Å². The quantitative estimate of drug-likeness (QED) is 0.883. The van der Waals surface area contributed by atoms with Crippen molar-refractivity contribution in [3.05, 3.63) is 16.1 Å². The molecule has 2 N–H and O–H groups in total. The summed E-state index contributed by atoms with van der Waals surface area (Å²) in [5, 5.41) is 2.51. The number of carbonyl (C=O) groups excluding carboxylic acids is 2. The Bertz CT molecular complexity index is 492. The minimum Gasteiger partial charge on any atom is -0.339 e. The van der Waals surface area contributed by atoms with Crippen LogP contribution in [0.4, 0.5) is 0 Å². The molecular formula is C13H20N4O2S. The second-order valence-corrected chi connectivity index (χ2v) is 6.05. The van der Waals surface area contributed by atoms with E-state index in [0.29, 0.717) is 38.4 Å². The van der Waals surface area contributed by atoms with Crippen LogP contribution in [0, 0.1) is 5.92 Å². The molecule has 1 aliphatic rings. The number of thiazole rings is 1. The van der Waals surface area contributed by atoms with Gasteiger partial charge < -0.3 is 15.5 Å². The molecule has 2 rings (SSSR count). The van der Waals surface area contributed by atoms with Crippen LogP contribution in [0.25, 0.3) is 0 Å². The number of amides is 2. The van der Waals surface area contributed by atoms with Crippen molar-refractivity contribution in [3.63, 3.8) is 0 Å². The summed E-state index contributed by atoms with van der Waals surface area (Å²) in [4.78, 5) is 31.9. The van der Waals surface area contributed by atoms with E-state index in [-0.39, 0.29) is 17.7 Å². The summed E-state index contributed by atoms with van der Waals surface area (Å²) in [7, 11) is 0. The first-order valence-corrected chi connectivity index (χ1v) is 7.63. The lowest BCUT2D eigenvalue weighted by Gasteiger charge is -2.35. The fourth-order valence-corrected chi connectivity index (χ4v) is 2.81. The number of nitrogens with two attached hydrogens (primary N) is 1. The SMILES string of the molecule is CC(C)C(=O)N1CCN(C(=O)c2csc(CN)n2)CC1. The molecule has 1 aromatic heterocycles. The summed E-state index contributed by atoms with van der Waals surface area (Å²) in [5.41, 5.74) is 5.96. The van der Waals surface area contributed by atoms with E-state index >= 15 is 0 Å². The number of hydrogen-bond donors (Lipinski definition) is 1. The van der Waals surface area contributed by atoms with Crippen molar-refractivity contribution < 1.29 is 9.59 Å². The number of rotatable bonds is 3. The highest BCUT2D eigenvalue weighted by Gasteiger charge is 2.26. The Morgan fingerprint density at radius 2 is 1.90 bits per heavy atom. The summed E-state index contributed by atoms with van der Waals surface area (Å²) in [6.07, 6.45) is 0. The van der Waals surface area contributed by atoms with E-state index in [1.54, 1.807) is 10.3 Å². The van der Waals surface area contributed by atoms with Gasteiger partial charge in [0, 0.05) is 44.0 Å². The van der Waals surface area contributed by atoms with E-state index in [4.69, 9.17) is 5.73 Å². The van der Waals surface area contributed by atoms with E-state index in [1.165, 1.54) is 11.3 Å². The highest BCUT2D eigenvalue weighted by molar-refractivity contribution is 7.09. The number of carbonyl (C=O) groups is 2. The van der Waals surface area contributed by atoms with Crippen molar-refractivity contribution in [3.8, 4) is 0 Å². The zero-order chi connectivity index (χ0) is 14.7. The third kappa shape index (κ3) is 3.16. The van der Waals surface area contributed by atoms with Gasteiger partial charge in [-0.25, -0.2) is 4.98 Å². The zero-order valence-electron chi connectivity index (χ0n) is 11.8. The number of aromatic nitrogens is 1. The van der Waals surface area contributed by atoms with E-state index in [0.717, 1.165) is 5.01 Å². The second kappa shape index (κ2) is 6.32. The molecule has 6 nitrogen and oxygen atoms in total. The summed E-state index contributed by atoms with van der Waals surface area (Å²) in [6, 6.07) is 0. The van der Waals surface area contributed by atoms with Gasteiger partial charge in [-0.1, -0.05) is 13.8 Å². The van der Waals surface area contributed by atoms with Crippen molar-refractivity contribution in [2.45, 2.75) is 20.4 Å². The van der Waals surface area contributed by atoms with Crippen molar-refractivity contribution in [2.24, 2.45) is 11.7 Å². The van der Waals surface area contributed by atoms with Gasteiger partial charge in [-0.05, 0) is 0 Å². The Morgan fingerprint density at radius 3 is 2.40 bits per heavy atom. The van der Waals surface area contributed by atoms with E-state index in [1.807, 2.05) is 18.7 Å². The van der Waals surface area contributed by atoms with Gasteiger partial charge in [0.15, 0.2) is 0 Å². The molecule has 20 heavy (non-hydrogen) atoms. The molecule has 1 saturated heterocycles. The van der Waals surface area contributed by atoms with Crippen molar-refractivity contribution in [2.75, 3.05) is 26.2 Å². The normalized spacial score (nSPS) is 15.8. The molecule has 0 bridgehead atoms. The standard InChI is InChI=1S/C13H20N4O2S/c1-9(2)12(18)16-3-5-17(6-4-16)13(19)10-8-20-11(7-14)15-10/h8-9H,3-7,14H2,1-2H3. The lowest BCUT2D eigenvalue weighted by molar-refractivity contribution is -0.135. The van der Waals surface area contributed by atoms with Crippen LogP contribution in [-0.4, -0.2) is 52.8 Å². The predicted octanol–water partition coefficient (Wildman–Crippen LogP) is 0.542. The molecule has 0 atom stereocenters. The monoisotopic (exact) mass is 296 g/mol. The van der Waals surface area contributed by atoms with Crippen LogP contribution >= 0.6 is 11.3 Å². The first-order chi connectivity index (χ1) is 9.52. The molecular weight excluding hydrogens is 276 g/mol. The predicted molar refractivity (Wildman–Crippen MR) is 77.3 cm³/mol. The summed E-state index contributed by atoms with van der Waals surface area (Å²) in [5.74, 6) is 0.0803. The molecule has 0 saturated carbocycles. The van der Waals surface area contributed by atoms with E-state index in [2.05, 4.69) is 4.98 Å². The van der Waals surface area contributed by atoms with Crippen LogP contribution in [0.5, 0.6) is 0 Å². The minimum atomic E-state index is -0.0717. The van der Waals surface area contributed by atoms with Gasteiger partial charge in [-0.15, -0.1) is 11.3 Å². The van der Waals surface area contributed by atoms with Crippen LogP contribution in [0.1, 0.15) is 29.3 Å². The first-order valence-electron chi connectivity index (χ1n) is 6.75. The average molecular weight is 296 g/mol. The van der Waals surface area contributed by atoms with Crippen molar-refractivity contribution >= 4 is 23.2 Å². The molecule has 1 fully saturated rings. The van der Waals surface area contributed by atoms with Crippen molar-refractivity contribution in [1.82, 2.24) is 14.8 Å². The van der Waals surface area contributed by atoms with Gasteiger partial charge in [0.2, 0.25) is 5.91 Å². The Morgan fingerprint density at radius 1 is 1.30 bits per heavy atom. The molecule has 0 aliphatic carbocycles. The Hall–Kier alpha value is -1.47. The molecule has 0 spiro atoms. The van der Waals surface area contributed by atoms with Crippen LogP contribution in [0.3, 0.4) is 0 Å². The topological polar surface area (TPSA) is 79.5 Å². The third-order valence-corrected chi connectivity index (χ3v) is 4.19. The highest BCUT2D eigenvalue weighted by atomic mass is 32.1. The van der Waals surface area contributed by atoms with Gasteiger partial charge in [0.05, 0.1) is 0 Å². The van der Waals surface area contributed by atoms with E-state index in [9.17, 15) is 9.59 Å². The lowest BCUT2D eigenvalue weighted by atomic mass is 10.1. The molecule has 2 amide bonds. The number of nitrogens with zero attached hydrogens (tertiary/aromatic N) is 3. The number of hydrogen-bond acceptors (Lipinski definition) is 5. The van der Waals surface area contributed by atoms with Gasteiger partial charge in [0.25, 0.3) is 5.91 Å². The minimum absolute atomic E-state index is 0.00269. The molecule has 0 radical (unpaired) electrons. The van der Waals surface area contributed by atoms with E-state index < -0.39 is 0 Å². The molecule has 110 valence electrons. The fraction of sp³-hybridized carbons (Fsp3) is 0.615. The number of piperazine rings is 1. The summed E-state index contributed by atoms with van der Waals surface area (Å²) in [6.45, 7) is 6.45. The molecule has 0 aromatic carbocycles.